The van der Waals surface area contributed by atoms with E-state index < -0.39 is 80.7 Å². The Morgan fingerprint density at radius 3 is 1.12 bits per heavy atom. The predicted octanol–water partition coefficient (Wildman–Crippen LogP) is 12.7. The molecule has 0 aliphatic rings. The lowest BCUT2D eigenvalue weighted by Crippen LogP contribution is -2.31. The summed E-state index contributed by atoms with van der Waals surface area (Å²) < 4.78 is 116. The van der Waals surface area contributed by atoms with Gasteiger partial charge in [0.1, 0.15) is 17.5 Å². The van der Waals surface area contributed by atoms with Crippen molar-refractivity contribution in [3.8, 4) is 0 Å². The molecule has 6 aromatic carbocycles. The van der Waals surface area contributed by atoms with Gasteiger partial charge < -0.3 is 15.9 Å². The molecule has 0 fully saturated rings. The Kier molecular flexibility index (Phi) is 24.5. The summed E-state index contributed by atoms with van der Waals surface area (Å²) in [5.41, 5.74) is 8.34. The van der Waals surface area contributed by atoms with Crippen molar-refractivity contribution in [1.29, 1.82) is 0 Å². The van der Waals surface area contributed by atoms with Gasteiger partial charge in [0.25, 0.3) is 35.0 Å². The highest BCUT2D eigenvalue weighted by Crippen LogP contribution is 2.31. The van der Waals surface area contributed by atoms with Crippen LogP contribution in [0.1, 0.15) is 125 Å². The minimum atomic E-state index is -4.08. The van der Waals surface area contributed by atoms with Gasteiger partial charge in [-0.1, -0.05) is 137 Å². The summed E-state index contributed by atoms with van der Waals surface area (Å²) >= 11 is 11.2. The van der Waals surface area contributed by atoms with E-state index in [9.17, 15) is 52.8 Å². The van der Waals surface area contributed by atoms with Crippen LogP contribution < -0.4 is 26.4 Å². The number of rotatable bonds is 10. The maximum atomic E-state index is 13.8. The van der Waals surface area contributed by atoms with Gasteiger partial charge in [0.2, 0.25) is 0 Å². The number of amides is 1. The fourth-order valence-corrected chi connectivity index (χ4v) is 9.46. The van der Waals surface area contributed by atoms with E-state index in [0.717, 1.165) is 59.2 Å². The summed E-state index contributed by atoms with van der Waals surface area (Å²) in [6.45, 7) is 18.2. The predicted molar refractivity (Wildman–Crippen MR) is 303 cm³/mol. The Hall–Kier alpha value is -6.40. The van der Waals surface area contributed by atoms with Crippen molar-refractivity contribution in [1.82, 2.24) is 5.43 Å². The summed E-state index contributed by atoms with van der Waals surface area (Å²) in [5.74, 6) is -0.644. The van der Waals surface area contributed by atoms with Crippen LogP contribution in [-0.2, 0) is 45.3 Å². The van der Waals surface area contributed by atoms with E-state index in [1.54, 1.807) is 36.4 Å². The van der Waals surface area contributed by atoms with Gasteiger partial charge in [-0.2, -0.15) is 0 Å². The molecule has 16 nitrogen and oxygen atoms in total. The maximum absolute atomic E-state index is 13.8. The maximum Gasteiger partial charge on any atom is 0.337 e. The normalized spacial score (nSPS) is 11.5. The topological polar surface area (TPSA) is 282 Å². The molecular formula is C53H63Cl3F3N5O11S3. The van der Waals surface area contributed by atoms with Crippen LogP contribution in [-0.4, -0.2) is 53.3 Å². The van der Waals surface area contributed by atoms with Gasteiger partial charge in [0.05, 0.1) is 52.8 Å². The van der Waals surface area contributed by atoms with Crippen molar-refractivity contribution in [2.45, 2.75) is 108 Å². The summed E-state index contributed by atoms with van der Waals surface area (Å²) in [5, 5.41) is 16.9. The number of sulfonamides is 2. The average Bonchev–Trinajstić information content (AvgIpc) is 3.30. The first-order chi connectivity index (χ1) is 34.7. The number of nitrogen functional groups attached to an aromatic ring is 2. The van der Waals surface area contributed by atoms with Gasteiger partial charge in [0.15, 0.2) is 0 Å². The zero-order chi connectivity index (χ0) is 58.1. The van der Waals surface area contributed by atoms with E-state index in [1.165, 1.54) is 36.4 Å². The summed E-state index contributed by atoms with van der Waals surface area (Å²) in [7, 11) is -6.53. The van der Waals surface area contributed by atoms with Crippen LogP contribution in [0.15, 0.2) is 130 Å². The van der Waals surface area contributed by atoms with Gasteiger partial charge >= 0.3 is 11.9 Å². The molecule has 0 radical (unpaired) electrons. The van der Waals surface area contributed by atoms with E-state index in [0.29, 0.717) is 0 Å². The number of anilines is 3. The number of carbonyl (C=O) groups is 3. The number of carboxylic acids is 2. The fraction of sp³-hybridized carbons (Fsp3) is 0.264. The highest BCUT2D eigenvalue weighted by Gasteiger charge is 2.24. The number of hydrogen-bond acceptors (Lipinski definition) is 11. The molecule has 0 atom stereocenters. The summed E-state index contributed by atoms with van der Waals surface area (Å²) in [6, 6.07) is 25.7. The lowest BCUT2D eigenvalue weighted by Gasteiger charge is -2.19. The number of benzene rings is 6. The molecule has 25 heteroatoms. The molecule has 0 aromatic heterocycles. The number of hydrazine groups is 1. The molecule has 78 heavy (non-hydrogen) atoms. The molecule has 0 saturated carbocycles. The van der Waals surface area contributed by atoms with E-state index >= 15 is 0 Å². The van der Waals surface area contributed by atoms with Crippen molar-refractivity contribution < 1.29 is 63.0 Å². The van der Waals surface area contributed by atoms with Crippen LogP contribution in [0, 0.1) is 17.5 Å². The Bertz CT molecular complexity index is 3450. The minimum absolute atomic E-state index is 0. The SMILES string of the molecule is C.C.CC(C)(C)c1ccc(S(=O)(=O)Cl)cc1.CC(C)(C)c1ccc(S(=O)(=O)Nc2cc(F)c(Cl)cc2C(=O)NN)cc1.CC(C)(C)c1ccc(S(=O)(=O)Nc2cc(F)c(Cl)cc2C(=O)O)cc1.Nc1cc(F)ccc1C(=O)O. The smallest absolute Gasteiger partial charge is 0.337 e. The highest BCUT2D eigenvalue weighted by atomic mass is 35.7. The highest BCUT2D eigenvalue weighted by molar-refractivity contribution is 8.13. The molecule has 0 bridgehead atoms. The van der Waals surface area contributed by atoms with E-state index in [2.05, 4.69) is 30.2 Å². The minimum Gasteiger partial charge on any atom is -0.478 e. The van der Waals surface area contributed by atoms with Crippen LogP contribution in [0.5, 0.6) is 0 Å². The number of carboxylic acid groups (broad SMARTS) is 2. The average molecular weight is 1210 g/mol. The van der Waals surface area contributed by atoms with Crippen LogP contribution in [0.25, 0.3) is 0 Å². The monoisotopic (exact) mass is 1200 g/mol. The first kappa shape index (κ1) is 69.6. The van der Waals surface area contributed by atoms with Crippen LogP contribution in [0.4, 0.5) is 30.2 Å². The van der Waals surface area contributed by atoms with Crippen LogP contribution in [0.3, 0.4) is 0 Å². The number of carbonyl (C=O) groups excluding carboxylic acids is 1. The van der Waals surface area contributed by atoms with Crippen molar-refractivity contribution in [3.05, 3.63) is 176 Å². The second-order valence-corrected chi connectivity index (χ2v) is 26.2. The largest absolute Gasteiger partial charge is 0.478 e. The standard InChI is InChI=1S/C17H19ClFN3O3S.C17H17ClFNO4S.C10H13ClO2S.C7H6FNO2.2CH4/c1-17(2,3)10-4-6-11(7-5-10)26(24,25)22-15-9-14(19)13(18)8-12(15)16(23)21-20;1-17(2,3)10-4-6-11(7-5-10)25(23,24)20-15-9-14(19)13(18)8-12(15)16(21)22;1-10(2,3)8-4-6-9(7-5-8)14(11,12)13;8-4-1-2-5(7(10)11)6(9)3-4;;/h4-9,22H,20H2,1-3H3,(H,21,23);4-9,20H,1-3H3,(H,21,22);4-7H,1-3H3;1-3H,9H2,(H,10,11);2*1H4. The van der Waals surface area contributed by atoms with Crippen molar-refractivity contribution >= 4 is 97.9 Å². The second kappa shape index (κ2) is 27.5. The molecule has 426 valence electrons. The van der Waals surface area contributed by atoms with E-state index in [4.69, 9.17) is 55.7 Å². The molecule has 1 amide bonds. The molecule has 0 aliphatic heterocycles. The summed E-state index contributed by atoms with van der Waals surface area (Å²) in [4.78, 5) is 33.5. The van der Waals surface area contributed by atoms with Gasteiger partial charge in [-0.3, -0.25) is 19.7 Å². The number of hydrogen-bond donors (Lipinski definition) is 7. The molecule has 0 spiro atoms. The zero-order valence-electron chi connectivity index (χ0n) is 42.2. The quantitative estimate of drug-likeness (QED) is 0.0221. The molecule has 9 N–H and O–H groups in total. The third-order valence-corrected chi connectivity index (χ3v) is 15.2. The van der Waals surface area contributed by atoms with Gasteiger partial charge in [-0.25, -0.2) is 53.9 Å². The Morgan fingerprint density at radius 1 is 0.500 bits per heavy atom. The number of aromatic carboxylic acids is 2. The third kappa shape index (κ3) is 19.8. The van der Waals surface area contributed by atoms with E-state index in [1.807, 2.05) is 47.0 Å². The Balaban J connectivity index is 0.000000543. The van der Waals surface area contributed by atoms with Gasteiger partial charge in [0, 0.05) is 28.5 Å². The van der Waals surface area contributed by atoms with Gasteiger partial charge in [-0.15, -0.1) is 0 Å². The molecular weight excluding hydrogens is 1140 g/mol. The van der Waals surface area contributed by atoms with Crippen LogP contribution in [0.2, 0.25) is 10.0 Å². The zero-order valence-corrected chi connectivity index (χ0v) is 46.9. The summed E-state index contributed by atoms with van der Waals surface area (Å²) in [6.07, 6.45) is 0. The molecule has 0 unspecified atom stereocenters. The Morgan fingerprint density at radius 2 is 0.821 bits per heavy atom. The Labute approximate surface area is 468 Å². The van der Waals surface area contributed by atoms with E-state index in [-0.39, 0.29) is 73.3 Å². The lowest BCUT2D eigenvalue weighted by molar-refractivity contribution is 0.0687. The molecule has 0 heterocycles. The number of halogens is 6. The second-order valence-electron chi connectivity index (χ2n) is 19.4. The number of nitrogens with two attached hydrogens (primary N) is 2. The third-order valence-electron chi connectivity index (χ3n) is 10.5. The first-order valence-corrected chi connectivity index (χ1v) is 28.0. The lowest BCUT2D eigenvalue weighted by atomic mass is 9.87. The van der Waals surface area contributed by atoms with Crippen molar-refractivity contribution in [2.24, 2.45) is 5.84 Å². The van der Waals surface area contributed by atoms with Crippen molar-refractivity contribution in [2.75, 3.05) is 15.2 Å². The first-order valence-electron chi connectivity index (χ1n) is 22.0. The van der Waals surface area contributed by atoms with Crippen molar-refractivity contribution in [3.63, 3.8) is 0 Å². The molecule has 0 aliphatic carbocycles. The molecule has 0 saturated heterocycles. The number of nitrogens with one attached hydrogen (secondary N) is 3. The molecule has 6 aromatic rings. The fourth-order valence-electron chi connectivity index (χ4n) is 6.23. The molecule has 6 rings (SSSR count). The van der Waals surface area contributed by atoms with Gasteiger partial charge in [-0.05, 0) is 99.7 Å². The van der Waals surface area contributed by atoms with Crippen LogP contribution >= 0.6 is 33.9 Å².